The normalized spacial score (nSPS) is 10.7. The van der Waals surface area contributed by atoms with Crippen LogP contribution in [0.4, 0.5) is 11.4 Å². The first kappa shape index (κ1) is 12.9. The number of Topliss-reactive ketones (excluding diaryl/α,β-unsaturated/α-hetero) is 1. The van der Waals surface area contributed by atoms with Gasteiger partial charge in [0.1, 0.15) is 11.5 Å². The minimum atomic E-state index is -0.555. The molecule has 0 amide bonds. The second kappa shape index (κ2) is 4.59. The molecule has 2 rings (SSSR count). The molecule has 0 bridgehead atoms. The smallest absolute Gasteiger partial charge is 0.338 e. The van der Waals surface area contributed by atoms with Crippen molar-refractivity contribution in [1.82, 2.24) is 20.0 Å². The van der Waals surface area contributed by atoms with Gasteiger partial charge in [0.2, 0.25) is 0 Å². The van der Waals surface area contributed by atoms with E-state index in [1.165, 1.54) is 11.4 Å². The highest BCUT2D eigenvalue weighted by Crippen LogP contribution is 2.33. The average Bonchev–Trinajstić information content (AvgIpc) is 2.79. The largest absolute Gasteiger partial charge is 0.372 e. The van der Waals surface area contributed by atoms with Gasteiger partial charge in [-0.1, -0.05) is 0 Å². The van der Waals surface area contributed by atoms with E-state index >= 15 is 0 Å². The molecule has 0 aromatic carbocycles. The Labute approximate surface area is 107 Å². The molecule has 0 aliphatic rings. The van der Waals surface area contributed by atoms with Gasteiger partial charge in [0.15, 0.2) is 0 Å². The molecule has 0 atom stereocenters. The van der Waals surface area contributed by atoms with Crippen molar-refractivity contribution < 1.29 is 9.72 Å². The molecule has 0 radical (unpaired) electrons. The van der Waals surface area contributed by atoms with Gasteiger partial charge in [-0.2, -0.15) is 4.52 Å². The molecule has 2 aromatic rings. The number of aromatic nitrogens is 4. The van der Waals surface area contributed by atoms with Crippen LogP contribution in [0.2, 0.25) is 0 Å². The van der Waals surface area contributed by atoms with Crippen LogP contribution in [-0.2, 0) is 4.79 Å². The van der Waals surface area contributed by atoms with Crippen molar-refractivity contribution in [2.24, 2.45) is 0 Å². The Balaban J connectivity index is 2.71. The van der Waals surface area contributed by atoms with E-state index in [1.807, 2.05) is 0 Å². The number of nitrogens with one attached hydrogen (secondary N) is 1. The standard InChI is InChI=1S/C10H12N6O3/c1-5(17)4-11-8-6(2)7(3)15-10(12-13-14-15)9(8)16(18)19/h11H,4H2,1-3H3. The summed E-state index contributed by atoms with van der Waals surface area (Å²) in [4.78, 5) is 21.7. The van der Waals surface area contributed by atoms with Crippen LogP contribution in [0.3, 0.4) is 0 Å². The SMILES string of the molecule is CC(=O)CNc1c(C)c(C)n2nnnc2c1[N+](=O)[O-]. The van der Waals surface area contributed by atoms with Crippen LogP contribution in [0.15, 0.2) is 0 Å². The zero-order valence-corrected chi connectivity index (χ0v) is 10.7. The third-order valence-electron chi connectivity index (χ3n) is 2.85. The summed E-state index contributed by atoms with van der Waals surface area (Å²) in [6.07, 6.45) is 0. The minimum absolute atomic E-state index is 0.0128. The number of ketones is 1. The summed E-state index contributed by atoms with van der Waals surface area (Å²) in [7, 11) is 0. The number of carbonyl (C=O) groups is 1. The molecular formula is C10H12N6O3. The fourth-order valence-corrected chi connectivity index (χ4v) is 1.79. The Bertz CT molecular complexity index is 677. The number of aryl methyl sites for hydroxylation is 1. The van der Waals surface area contributed by atoms with Gasteiger partial charge in [-0.3, -0.25) is 14.9 Å². The predicted molar refractivity (Wildman–Crippen MR) is 66.1 cm³/mol. The Morgan fingerprint density at radius 2 is 2.16 bits per heavy atom. The number of rotatable bonds is 4. The molecule has 1 N–H and O–H groups in total. The second-order valence-corrected chi connectivity index (χ2v) is 4.16. The highest BCUT2D eigenvalue weighted by molar-refractivity contribution is 5.84. The lowest BCUT2D eigenvalue weighted by atomic mass is 10.1. The van der Waals surface area contributed by atoms with Gasteiger partial charge in [-0.15, -0.1) is 5.10 Å². The van der Waals surface area contributed by atoms with Crippen LogP contribution in [0.1, 0.15) is 18.2 Å². The summed E-state index contributed by atoms with van der Waals surface area (Å²) in [5, 5.41) is 24.8. The zero-order valence-electron chi connectivity index (χ0n) is 10.7. The van der Waals surface area contributed by atoms with Crippen LogP contribution < -0.4 is 5.32 Å². The Morgan fingerprint density at radius 3 is 2.74 bits per heavy atom. The molecule has 100 valence electrons. The number of hydrogen-bond acceptors (Lipinski definition) is 7. The maximum atomic E-state index is 11.2. The van der Waals surface area contributed by atoms with Gasteiger partial charge in [0, 0.05) is 11.3 Å². The molecule has 0 unspecified atom stereocenters. The highest BCUT2D eigenvalue weighted by Gasteiger charge is 2.26. The first-order chi connectivity index (χ1) is 8.93. The summed E-state index contributed by atoms with van der Waals surface area (Å²) < 4.78 is 1.31. The van der Waals surface area contributed by atoms with E-state index in [0.717, 1.165) is 0 Å². The lowest BCUT2D eigenvalue weighted by Crippen LogP contribution is -2.14. The first-order valence-electron chi connectivity index (χ1n) is 5.52. The Kier molecular flexibility index (Phi) is 3.11. The quantitative estimate of drug-likeness (QED) is 0.636. The van der Waals surface area contributed by atoms with Crippen molar-refractivity contribution in [1.29, 1.82) is 0 Å². The highest BCUT2D eigenvalue weighted by atomic mass is 16.6. The predicted octanol–water partition coefficient (Wildman–Crippen LogP) is 0.650. The summed E-state index contributed by atoms with van der Waals surface area (Å²) in [6, 6.07) is 0. The number of hydrogen-bond donors (Lipinski definition) is 1. The van der Waals surface area contributed by atoms with E-state index in [4.69, 9.17) is 0 Å². The molecule has 2 heterocycles. The van der Waals surface area contributed by atoms with Crippen LogP contribution in [-0.4, -0.2) is 37.3 Å². The number of tetrazole rings is 1. The Morgan fingerprint density at radius 1 is 1.47 bits per heavy atom. The van der Waals surface area contributed by atoms with Crippen molar-refractivity contribution in [3.8, 4) is 0 Å². The summed E-state index contributed by atoms with van der Waals surface area (Å²) in [6.45, 7) is 4.88. The number of carbonyl (C=O) groups excluding carboxylic acids is 1. The third kappa shape index (κ3) is 2.09. The molecule has 0 saturated carbocycles. The number of nitrogens with zero attached hydrogens (tertiary/aromatic N) is 5. The monoisotopic (exact) mass is 264 g/mol. The molecule has 0 aliphatic heterocycles. The molecule has 19 heavy (non-hydrogen) atoms. The fourth-order valence-electron chi connectivity index (χ4n) is 1.79. The third-order valence-corrected chi connectivity index (χ3v) is 2.85. The van der Waals surface area contributed by atoms with E-state index in [-0.39, 0.29) is 29.3 Å². The van der Waals surface area contributed by atoms with E-state index < -0.39 is 4.92 Å². The Hall–Kier alpha value is -2.58. The van der Waals surface area contributed by atoms with Crippen molar-refractivity contribution in [2.45, 2.75) is 20.8 Å². The number of pyridine rings is 1. The minimum Gasteiger partial charge on any atom is -0.372 e. The summed E-state index contributed by atoms with van der Waals surface area (Å²) in [5.74, 6) is -0.120. The van der Waals surface area contributed by atoms with Gasteiger partial charge in [0.25, 0.3) is 5.65 Å². The number of fused-ring (bicyclic) bond motifs is 1. The molecule has 0 spiro atoms. The first-order valence-corrected chi connectivity index (χ1v) is 5.52. The maximum Gasteiger partial charge on any atom is 0.338 e. The van der Waals surface area contributed by atoms with E-state index in [9.17, 15) is 14.9 Å². The van der Waals surface area contributed by atoms with Crippen LogP contribution in [0.5, 0.6) is 0 Å². The zero-order chi connectivity index (χ0) is 14.2. The molecule has 0 aliphatic carbocycles. The lowest BCUT2D eigenvalue weighted by Gasteiger charge is -2.11. The van der Waals surface area contributed by atoms with Gasteiger partial charge in [-0.25, -0.2) is 0 Å². The van der Waals surface area contributed by atoms with Crippen LogP contribution in [0.25, 0.3) is 5.65 Å². The number of nitro groups is 1. The van der Waals surface area contributed by atoms with Crippen molar-refractivity contribution in [3.63, 3.8) is 0 Å². The van der Waals surface area contributed by atoms with Crippen LogP contribution >= 0.6 is 0 Å². The van der Waals surface area contributed by atoms with Gasteiger partial charge in [-0.05, 0) is 31.2 Å². The molecule has 9 nitrogen and oxygen atoms in total. The molecule has 0 fully saturated rings. The van der Waals surface area contributed by atoms with Gasteiger partial charge in [0.05, 0.1) is 11.5 Å². The van der Waals surface area contributed by atoms with Crippen molar-refractivity contribution in [3.05, 3.63) is 21.4 Å². The van der Waals surface area contributed by atoms with Crippen molar-refractivity contribution in [2.75, 3.05) is 11.9 Å². The average molecular weight is 264 g/mol. The summed E-state index contributed by atoms with van der Waals surface area (Å²) >= 11 is 0. The fraction of sp³-hybridized carbons (Fsp3) is 0.400. The van der Waals surface area contributed by atoms with E-state index in [2.05, 4.69) is 20.8 Å². The second-order valence-electron chi connectivity index (χ2n) is 4.16. The van der Waals surface area contributed by atoms with Crippen LogP contribution in [0, 0.1) is 24.0 Å². The van der Waals surface area contributed by atoms with Crippen molar-refractivity contribution >= 4 is 22.8 Å². The molecule has 0 saturated heterocycles. The lowest BCUT2D eigenvalue weighted by molar-refractivity contribution is -0.382. The number of anilines is 1. The van der Waals surface area contributed by atoms with Gasteiger partial charge < -0.3 is 5.32 Å². The summed E-state index contributed by atoms with van der Waals surface area (Å²) in [5.41, 5.74) is 1.41. The maximum absolute atomic E-state index is 11.2. The molecule has 9 heteroatoms. The van der Waals surface area contributed by atoms with E-state index in [0.29, 0.717) is 11.3 Å². The van der Waals surface area contributed by atoms with Gasteiger partial charge >= 0.3 is 5.69 Å². The molecule has 2 aromatic heterocycles. The molecular weight excluding hydrogens is 252 g/mol. The van der Waals surface area contributed by atoms with E-state index in [1.54, 1.807) is 13.8 Å². The topological polar surface area (TPSA) is 115 Å².